The quantitative estimate of drug-likeness (QED) is 0.579. The lowest BCUT2D eigenvalue weighted by molar-refractivity contribution is 0.570. The van der Waals surface area contributed by atoms with Gasteiger partial charge in [-0.3, -0.25) is 0 Å². The number of nitriles is 1. The lowest BCUT2D eigenvalue weighted by Gasteiger charge is -2.01. The minimum Gasteiger partial charge on any atom is -0.207 e. The van der Waals surface area contributed by atoms with E-state index in [9.17, 15) is 12.8 Å². The zero-order valence-electron chi connectivity index (χ0n) is 6.46. The fourth-order valence-electron chi connectivity index (χ4n) is 0.806. The Morgan fingerprint density at radius 1 is 1.50 bits per heavy atom. The van der Waals surface area contributed by atoms with E-state index in [1.807, 2.05) is 0 Å². The summed E-state index contributed by atoms with van der Waals surface area (Å²) in [7, 11) is 0.879. The molecule has 7 heteroatoms. The highest BCUT2D eigenvalue weighted by atomic mass is 127. The minimum absolute atomic E-state index is 0.0492. The van der Waals surface area contributed by atoms with E-state index in [2.05, 4.69) is 0 Å². The fraction of sp³-hybridized carbons (Fsp3) is 0. The number of hydrogen-bond acceptors (Lipinski definition) is 3. The van der Waals surface area contributed by atoms with E-state index in [0.29, 0.717) is 0 Å². The molecule has 74 valence electrons. The standard InChI is InChI=1S/C7H2ClFINO2S/c8-14(12,13)5-2-1-4(3-11)7(10)6(5)9/h1-2H. The molecule has 0 fully saturated rings. The molecule has 0 aromatic heterocycles. The molecule has 0 spiro atoms. The predicted molar refractivity (Wildman–Crippen MR) is 56.9 cm³/mol. The van der Waals surface area contributed by atoms with Crippen LogP contribution in [0.2, 0.25) is 0 Å². The average Bonchev–Trinajstić information content (AvgIpc) is 2.07. The molecule has 0 N–H and O–H groups in total. The van der Waals surface area contributed by atoms with Gasteiger partial charge in [-0.15, -0.1) is 0 Å². The van der Waals surface area contributed by atoms with E-state index in [4.69, 9.17) is 15.9 Å². The second kappa shape index (κ2) is 4.00. The highest BCUT2D eigenvalue weighted by molar-refractivity contribution is 14.1. The van der Waals surface area contributed by atoms with E-state index < -0.39 is 19.8 Å². The molecule has 0 bridgehead atoms. The second-order valence-electron chi connectivity index (χ2n) is 2.29. The van der Waals surface area contributed by atoms with Crippen molar-refractivity contribution in [2.45, 2.75) is 4.90 Å². The number of hydrogen-bond donors (Lipinski definition) is 0. The molecule has 1 aromatic rings. The van der Waals surface area contributed by atoms with Crippen molar-refractivity contribution in [3.8, 4) is 6.07 Å². The lowest BCUT2D eigenvalue weighted by Crippen LogP contribution is -1.99. The molecular weight excluding hydrogens is 344 g/mol. The van der Waals surface area contributed by atoms with Crippen LogP contribution in [0.1, 0.15) is 5.56 Å². The first-order chi connectivity index (χ1) is 6.38. The first kappa shape index (κ1) is 11.7. The van der Waals surface area contributed by atoms with Crippen molar-refractivity contribution in [1.82, 2.24) is 0 Å². The van der Waals surface area contributed by atoms with Crippen LogP contribution >= 0.6 is 33.3 Å². The average molecular weight is 346 g/mol. The highest BCUT2D eigenvalue weighted by Gasteiger charge is 2.19. The SMILES string of the molecule is N#Cc1ccc(S(=O)(=O)Cl)c(F)c1I. The third-order valence-corrected chi connectivity index (χ3v) is 3.82. The molecular formula is C7H2ClFINO2S. The van der Waals surface area contributed by atoms with Gasteiger partial charge >= 0.3 is 0 Å². The molecule has 0 saturated carbocycles. The first-order valence-electron chi connectivity index (χ1n) is 3.20. The van der Waals surface area contributed by atoms with E-state index in [0.717, 1.165) is 6.07 Å². The van der Waals surface area contributed by atoms with Gasteiger partial charge in [0, 0.05) is 10.7 Å². The van der Waals surface area contributed by atoms with Crippen LogP contribution in [-0.2, 0) is 9.05 Å². The Labute approximate surface area is 98.0 Å². The van der Waals surface area contributed by atoms with Gasteiger partial charge in [-0.1, -0.05) is 0 Å². The Morgan fingerprint density at radius 2 is 2.07 bits per heavy atom. The monoisotopic (exact) mass is 345 g/mol. The van der Waals surface area contributed by atoms with Gasteiger partial charge in [0.15, 0.2) is 5.82 Å². The molecule has 1 aromatic carbocycles. The topological polar surface area (TPSA) is 57.9 Å². The van der Waals surface area contributed by atoms with Gasteiger partial charge in [-0.25, -0.2) is 12.8 Å². The maximum atomic E-state index is 13.3. The first-order valence-corrected chi connectivity index (χ1v) is 6.59. The second-order valence-corrected chi connectivity index (χ2v) is 5.90. The summed E-state index contributed by atoms with van der Waals surface area (Å²) in [6, 6.07) is 3.91. The Morgan fingerprint density at radius 3 is 2.50 bits per heavy atom. The Kier molecular flexibility index (Phi) is 3.34. The molecule has 3 nitrogen and oxygen atoms in total. The summed E-state index contributed by atoms with van der Waals surface area (Å²) in [5.41, 5.74) is 0.0761. The van der Waals surface area contributed by atoms with Crippen LogP contribution in [0.5, 0.6) is 0 Å². The molecule has 14 heavy (non-hydrogen) atoms. The van der Waals surface area contributed by atoms with Crippen LogP contribution in [0.4, 0.5) is 4.39 Å². The van der Waals surface area contributed by atoms with Crippen molar-refractivity contribution >= 4 is 42.3 Å². The summed E-state index contributed by atoms with van der Waals surface area (Å²) in [5, 5.41) is 8.53. The molecule has 0 radical (unpaired) electrons. The van der Waals surface area contributed by atoms with E-state index in [1.54, 1.807) is 28.7 Å². The number of benzene rings is 1. The van der Waals surface area contributed by atoms with E-state index in [1.165, 1.54) is 6.07 Å². The van der Waals surface area contributed by atoms with Gasteiger partial charge in [0.05, 0.1) is 9.13 Å². The van der Waals surface area contributed by atoms with Crippen molar-refractivity contribution < 1.29 is 12.8 Å². The number of nitrogens with zero attached hydrogens (tertiary/aromatic N) is 1. The van der Waals surface area contributed by atoms with Crippen LogP contribution in [0.15, 0.2) is 17.0 Å². The molecule has 0 amide bonds. The third kappa shape index (κ3) is 2.16. The van der Waals surface area contributed by atoms with Crippen LogP contribution in [-0.4, -0.2) is 8.42 Å². The van der Waals surface area contributed by atoms with Crippen molar-refractivity contribution in [2.24, 2.45) is 0 Å². The third-order valence-electron chi connectivity index (χ3n) is 1.43. The van der Waals surface area contributed by atoms with Gasteiger partial charge in [0.2, 0.25) is 0 Å². The van der Waals surface area contributed by atoms with Gasteiger partial charge < -0.3 is 0 Å². The predicted octanol–water partition coefficient (Wildman–Crippen LogP) is 2.23. The number of halogens is 3. The molecule has 0 atom stereocenters. The summed E-state index contributed by atoms with van der Waals surface area (Å²) in [4.78, 5) is -0.609. The molecule has 0 unspecified atom stereocenters. The van der Waals surface area contributed by atoms with Gasteiger partial charge in [0.1, 0.15) is 11.0 Å². The summed E-state index contributed by atoms with van der Waals surface area (Å²) in [5.74, 6) is -0.986. The Balaban J connectivity index is 3.57. The van der Waals surface area contributed by atoms with Crippen LogP contribution < -0.4 is 0 Å². The number of rotatable bonds is 1. The normalized spacial score (nSPS) is 11.0. The molecule has 0 aliphatic rings. The highest BCUT2D eigenvalue weighted by Crippen LogP contribution is 2.25. The fourth-order valence-corrected chi connectivity index (χ4v) is 2.48. The lowest BCUT2D eigenvalue weighted by atomic mass is 10.2. The zero-order chi connectivity index (χ0) is 10.9. The summed E-state index contributed by atoms with van der Waals surface area (Å²) in [6.07, 6.45) is 0. The largest absolute Gasteiger partial charge is 0.264 e. The maximum Gasteiger partial charge on any atom is 0.264 e. The van der Waals surface area contributed by atoms with E-state index >= 15 is 0 Å². The van der Waals surface area contributed by atoms with E-state index in [-0.39, 0.29) is 9.13 Å². The van der Waals surface area contributed by atoms with Gasteiger partial charge in [0.25, 0.3) is 9.05 Å². The Bertz CT molecular complexity index is 523. The minimum atomic E-state index is -4.10. The van der Waals surface area contributed by atoms with Crippen molar-refractivity contribution in [2.75, 3.05) is 0 Å². The Hall–Kier alpha value is -0.390. The molecule has 0 aliphatic heterocycles. The maximum absolute atomic E-state index is 13.3. The summed E-state index contributed by atoms with van der Waals surface area (Å²) in [6.45, 7) is 0. The van der Waals surface area contributed by atoms with Crippen molar-refractivity contribution in [1.29, 1.82) is 5.26 Å². The van der Waals surface area contributed by atoms with Crippen LogP contribution in [0.25, 0.3) is 0 Å². The van der Waals surface area contributed by atoms with Crippen LogP contribution in [0.3, 0.4) is 0 Å². The van der Waals surface area contributed by atoms with Crippen molar-refractivity contribution in [3.63, 3.8) is 0 Å². The summed E-state index contributed by atoms with van der Waals surface area (Å²) < 4.78 is 35.0. The molecule has 0 aliphatic carbocycles. The molecule has 0 heterocycles. The molecule has 0 saturated heterocycles. The van der Waals surface area contributed by atoms with Gasteiger partial charge in [-0.2, -0.15) is 5.26 Å². The molecule has 1 rings (SSSR count). The van der Waals surface area contributed by atoms with Crippen LogP contribution in [0, 0.1) is 20.7 Å². The summed E-state index contributed by atoms with van der Waals surface area (Å²) >= 11 is 1.55. The van der Waals surface area contributed by atoms with Gasteiger partial charge in [-0.05, 0) is 34.7 Å². The zero-order valence-corrected chi connectivity index (χ0v) is 10.2. The van der Waals surface area contributed by atoms with Crippen molar-refractivity contribution in [3.05, 3.63) is 27.1 Å². The smallest absolute Gasteiger partial charge is 0.207 e.